The monoisotopic (exact) mass is 442 g/mol. The molecule has 1 amide bonds. The Morgan fingerprint density at radius 1 is 1.25 bits per heavy atom. The van der Waals surface area contributed by atoms with Crippen LogP contribution in [0, 0.1) is 0 Å². The van der Waals surface area contributed by atoms with Gasteiger partial charge in [-0.15, -0.1) is 11.3 Å². The molecule has 4 aromatic rings. The van der Waals surface area contributed by atoms with E-state index in [2.05, 4.69) is 22.5 Å². The van der Waals surface area contributed by atoms with Gasteiger partial charge in [0.15, 0.2) is 5.78 Å². The highest BCUT2D eigenvalue weighted by atomic mass is 32.1. The third kappa shape index (κ3) is 3.61. The third-order valence-corrected chi connectivity index (χ3v) is 6.72. The number of ketones is 1. The van der Waals surface area contributed by atoms with Crippen LogP contribution >= 0.6 is 11.3 Å². The number of amides is 1. The van der Waals surface area contributed by atoms with Gasteiger partial charge < -0.3 is 16.0 Å². The van der Waals surface area contributed by atoms with Gasteiger partial charge in [-0.25, -0.2) is 4.98 Å². The Morgan fingerprint density at radius 2 is 2.09 bits per heavy atom. The lowest BCUT2D eigenvalue weighted by atomic mass is 10.1. The first kappa shape index (κ1) is 20.2. The number of carbonyl (C=O) groups is 2. The summed E-state index contributed by atoms with van der Waals surface area (Å²) in [5.41, 5.74) is 3.45. The summed E-state index contributed by atoms with van der Waals surface area (Å²) < 4.78 is 1.05. The molecule has 1 aliphatic heterocycles. The SMILES string of the molecule is C=CC(=O)Cc1ccccc1Nc1ccc2c(ccc3sc4c(c32)NC[C@@H](C)NC4=O)n1. The van der Waals surface area contributed by atoms with Crippen LogP contribution < -0.4 is 16.0 Å². The normalized spacial score (nSPS) is 15.5. The molecule has 2 aromatic carbocycles. The molecule has 160 valence electrons. The van der Waals surface area contributed by atoms with Crippen LogP contribution in [-0.4, -0.2) is 29.3 Å². The predicted molar refractivity (Wildman–Crippen MR) is 131 cm³/mol. The largest absolute Gasteiger partial charge is 0.381 e. The first-order valence-electron chi connectivity index (χ1n) is 10.4. The van der Waals surface area contributed by atoms with Crippen LogP contribution in [-0.2, 0) is 11.2 Å². The molecule has 7 heteroatoms. The second kappa shape index (κ2) is 8.09. The van der Waals surface area contributed by atoms with Crippen molar-refractivity contribution in [2.24, 2.45) is 0 Å². The Hall–Kier alpha value is -3.71. The zero-order chi connectivity index (χ0) is 22.2. The molecule has 32 heavy (non-hydrogen) atoms. The fourth-order valence-corrected chi connectivity index (χ4v) is 5.09. The molecule has 0 aliphatic carbocycles. The molecule has 0 bridgehead atoms. The maximum atomic E-state index is 12.6. The van der Waals surface area contributed by atoms with Gasteiger partial charge in [-0.3, -0.25) is 9.59 Å². The fourth-order valence-electron chi connectivity index (χ4n) is 3.99. The van der Waals surface area contributed by atoms with Crippen molar-refractivity contribution < 1.29 is 9.59 Å². The van der Waals surface area contributed by atoms with Gasteiger partial charge in [0.05, 0.1) is 11.2 Å². The molecule has 0 unspecified atom stereocenters. The van der Waals surface area contributed by atoms with Crippen molar-refractivity contribution in [2.75, 3.05) is 17.2 Å². The number of nitrogens with one attached hydrogen (secondary N) is 3. The van der Waals surface area contributed by atoms with Crippen molar-refractivity contribution in [2.45, 2.75) is 19.4 Å². The van der Waals surface area contributed by atoms with Gasteiger partial charge in [-0.1, -0.05) is 24.8 Å². The number of aromatic nitrogens is 1. The van der Waals surface area contributed by atoms with Crippen LogP contribution in [0.4, 0.5) is 17.2 Å². The van der Waals surface area contributed by atoms with Gasteiger partial charge in [0.1, 0.15) is 10.7 Å². The van der Waals surface area contributed by atoms with Crippen molar-refractivity contribution in [3.8, 4) is 0 Å². The molecule has 0 spiro atoms. The summed E-state index contributed by atoms with van der Waals surface area (Å²) in [6.45, 7) is 6.22. The van der Waals surface area contributed by atoms with Gasteiger partial charge >= 0.3 is 0 Å². The molecule has 0 radical (unpaired) electrons. The second-order valence-electron chi connectivity index (χ2n) is 7.89. The zero-order valence-corrected chi connectivity index (χ0v) is 18.4. The molecule has 0 fully saturated rings. The minimum atomic E-state index is -0.0382. The molecule has 6 nitrogen and oxygen atoms in total. The Kier molecular flexibility index (Phi) is 5.11. The Balaban J connectivity index is 1.55. The van der Waals surface area contributed by atoms with Gasteiger partial charge in [-0.05, 0) is 48.9 Å². The molecule has 0 saturated heterocycles. The van der Waals surface area contributed by atoms with Crippen molar-refractivity contribution in [3.05, 3.63) is 71.6 Å². The number of benzene rings is 2. The van der Waals surface area contributed by atoms with Gasteiger partial charge in [0.2, 0.25) is 0 Å². The Labute approximate surface area is 189 Å². The van der Waals surface area contributed by atoms with E-state index in [0.29, 0.717) is 17.2 Å². The lowest BCUT2D eigenvalue weighted by molar-refractivity contribution is -0.114. The number of carbonyl (C=O) groups excluding carboxylic acids is 2. The summed E-state index contributed by atoms with van der Waals surface area (Å²) in [5, 5.41) is 11.8. The van der Waals surface area contributed by atoms with E-state index in [1.54, 1.807) is 0 Å². The van der Waals surface area contributed by atoms with Crippen molar-refractivity contribution in [3.63, 3.8) is 0 Å². The second-order valence-corrected chi connectivity index (χ2v) is 8.95. The zero-order valence-electron chi connectivity index (χ0n) is 17.6. The van der Waals surface area contributed by atoms with Gasteiger partial charge in [0.25, 0.3) is 5.91 Å². The smallest absolute Gasteiger partial charge is 0.263 e. The average Bonchev–Trinajstić information content (AvgIpc) is 3.11. The summed E-state index contributed by atoms with van der Waals surface area (Å²) in [6, 6.07) is 15.7. The number of fused-ring (bicyclic) bond motifs is 5. The minimum Gasteiger partial charge on any atom is -0.381 e. The van der Waals surface area contributed by atoms with E-state index in [0.717, 1.165) is 37.9 Å². The van der Waals surface area contributed by atoms with Crippen LogP contribution in [0.3, 0.4) is 0 Å². The fraction of sp³-hybridized carbons (Fsp3) is 0.160. The number of anilines is 3. The van der Waals surface area contributed by atoms with E-state index in [-0.39, 0.29) is 24.2 Å². The Morgan fingerprint density at radius 3 is 2.94 bits per heavy atom. The van der Waals surface area contributed by atoms with Gasteiger partial charge in [-0.2, -0.15) is 0 Å². The number of hydrogen-bond acceptors (Lipinski definition) is 6. The molecule has 0 saturated carbocycles. The quantitative estimate of drug-likeness (QED) is 0.378. The van der Waals surface area contributed by atoms with E-state index >= 15 is 0 Å². The lowest BCUT2D eigenvalue weighted by Crippen LogP contribution is -2.34. The number of nitrogens with zero attached hydrogens (tertiary/aromatic N) is 1. The van der Waals surface area contributed by atoms with E-state index in [1.165, 1.54) is 17.4 Å². The summed E-state index contributed by atoms with van der Waals surface area (Å²) in [7, 11) is 0. The van der Waals surface area contributed by atoms with E-state index in [1.807, 2.05) is 55.5 Å². The van der Waals surface area contributed by atoms with Crippen molar-refractivity contribution in [1.82, 2.24) is 10.3 Å². The molecule has 3 N–H and O–H groups in total. The lowest BCUT2D eigenvalue weighted by Gasteiger charge is -2.12. The molecule has 1 atom stereocenters. The summed E-state index contributed by atoms with van der Waals surface area (Å²) in [4.78, 5) is 30.0. The van der Waals surface area contributed by atoms with Crippen LogP contribution in [0.15, 0.2) is 61.2 Å². The number of allylic oxidation sites excluding steroid dienone is 1. The summed E-state index contributed by atoms with van der Waals surface area (Å²) >= 11 is 1.50. The first-order valence-corrected chi connectivity index (χ1v) is 11.3. The third-order valence-electron chi connectivity index (χ3n) is 5.56. The molecule has 1 aliphatic rings. The highest BCUT2D eigenvalue weighted by Crippen LogP contribution is 2.41. The molecule has 5 rings (SSSR count). The molecular weight excluding hydrogens is 420 g/mol. The predicted octanol–water partition coefficient (Wildman–Crippen LogP) is 5.03. The summed E-state index contributed by atoms with van der Waals surface area (Å²) in [5.74, 6) is 0.622. The standard InChI is InChI=1S/C25H22N4O2S/c1-3-16(30)12-15-6-4-5-7-18(15)28-21-11-8-17-19(29-21)9-10-20-22(17)23-24(32-20)25(31)27-14(2)13-26-23/h3-11,14,26H,1,12-13H2,2H3,(H,27,31)(H,28,29)/t14-/m1/s1. The number of para-hydroxylation sites is 1. The summed E-state index contributed by atoms with van der Waals surface area (Å²) in [6.07, 6.45) is 1.63. The first-order chi connectivity index (χ1) is 15.5. The minimum absolute atomic E-state index is 0.0304. The maximum Gasteiger partial charge on any atom is 0.263 e. The Bertz CT molecular complexity index is 1390. The number of hydrogen-bond donors (Lipinski definition) is 3. The highest BCUT2D eigenvalue weighted by molar-refractivity contribution is 7.21. The average molecular weight is 443 g/mol. The molecule has 2 aromatic heterocycles. The number of rotatable bonds is 5. The van der Waals surface area contributed by atoms with Crippen LogP contribution in [0.2, 0.25) is 0 Å². The van der Waals surface area contributed by atoms with Crippen molar-refractivity contribution in [1.29, 1.82) is 0 Å². The topological polar surface area (TPSA) is 83.1 Å². The molecular formula is C25H22N4O2S. The van der Waals surface area contributed by atoms with E-state index < -0.39 is 0 Å². The van der Waals surface area contributed by atoms with Gasteiger partial charge in [0, 0.05) is 40.2 Å². The molecule has 3 heterocycles. The van der Waals surface area contributed by atoms with Crippen LogP contribution in [0.5, 0.6) is 0 Å². The van der Waals surface area contributed by atoms with E-state index in [4.69, 9.17) is 4.98 Å². The van der Waals surface area contributed by atoms with Crippen LogP contribution in [0.25, 0.3) is 21.0 Å². The van der Waals surface area contributed by atoms with E-state index in [9.17, 15) is 9.59 Å². The van der Waals surface area contributed by atoms with Crippen LogP contribution in [0.1, 0.15) is 22.2 Å². The highest BCUT2D eigenvalue weighted by Gasteiger charge is 2.24. The number of thiophene rings is 1. The van der Waals surface area contributed by atoms with Crippen molar-refractivity contribution >= 4 is 61.2 Å². The number of pyridine rings is 1. The maximum absolute atomic E-state index is 12.6.